The lowest BCUT2D eigenvalue weighted by molar-refractivity contribution is 0.570. The van der Waals surface area contributed by atoms with Crippen molar-refractivity contribution in [3.05, 3.63) is 29.8 Å². The van der Waals surface area contributed by atoms with Crippen molar-refractivity contribution < 1.29 is 8.42 Å². The molecule has 0 heterocycles. The molecule has 1 rings (SSSR count). The molecule has 0 saturated carbocycles. The van der Waals surface area contributed by atoms with E-state index in [2.05, 4.69) is 4.72 Å². The summed E-state index contributed by atoms with van der Waals surface area (Å²) in [7, 11) is -3.29. The number of nitrogen functional groups attached to an aromatic ring is 1. The van der Waals surface area contributed by atoms with E-state index in [4.69, 9.17) is 5.73 Å². The second kappa shape index (κ2) is 6.28. The highest BCUT2D eigenvalue weighted by Crippen LogP contribution is 2.10. The summed E-state index contributed by atoms with van der Waals surface area (Å²) >= 11 is 1.61. The van der Waals surface area contributed by atoms with Gasteiger partial charge in [-0.25, -0.2) is 13.1 Å². The van der Waals surface area contributed by atoms with Crippen molar-refractivity contribution >= 4 is 27.5 Å². The van der Waals surface area contributed by atoms with Crippen molar-refractivity contribution in [1.82, 2.24) is 4.72 Å². The van der Waals surface area contributed by atoms with Crippen LogP contribution in [0, 0.1) is 0 Å². The summed E-state index contributed by atoms with van der Waals surface area (Å²) in [5, 5.41) is 0. The first-order valence-electron chi connectivity index (χ1n) is 5.26. The van der Waals surface area contributed by atoms with Gasteiger partial charge >= 0.3 is 0 Å². The zero-order valence-electron chi connectivity index (χ0n) is 10.0. The SMILES string of the molecule is CSCC(C)NS(=O)(=O)Cc1cccc(N)c1. The maximum atomic E-state index is 11.8. The standard InChI is InChI=1S/C11H18N2O2S2/c1-9(7-16-2)13-17(14,15)8-10-4-3-5-11(12)6-10/h3-6,9,13H,7-8,12H2,1-2H3. The lowest BCUT2D eigenvalue weighted by Gasteiger charge is -2.13. The van der Waals surface area contributed by atoms with Gasteiger partial charge in [0.2, 0.25) is 10.0 Å². The van der Waals surface area contributed by atoms with Gasteiger partial charge in [0.15, 0.2) is 0 Å². The first-order valence-corrected chi connectivity index (χ1v) is 8.31. The van der Waals surface area contributed by atoms with Crippen LogP contribution in [0.4, 0.5) is 5.69 Å². The molecule has 4 nitrogen and oxygen atoms in total. The summed E-state index contributed by atoms with van der Waals surface area (Å²) in [6, 6.07) is 6.87. The molecule has 0 amide bonds. The molecule has 0 aliphatic rings. The number of hydrogen-bond donors (Lipinski definition) is 2. The Morgan fingerprint density at radius 1 is 1.47 bits per heavy atom. The first-order chi connectivity index (χ1) is 7.93. The van der Waals surface area contributed by atoms with Gasteiger partial charge in [0.1, 0.15) is 0 Å². The molecular weight excluding hydrogens is 256 g/mol. The maximum Gasteiger partial charge on any atom is 0.216 e. The number of benzene rings is 1. The molecule has 1 atom stereocenters. The van der Waals surface area contributed by atoms with Gasteiger partial charge in [-0.2, -0.15) is 11.8 Å². The Labute approximate surface area is 107 Å². The number of thioether (sulfide) groups is 1. The summed E-state index contributed by atoms with van der Waals surface area (Å²) in [5.74, 6) is 0.729. The molecule has 96 valence electrons. The Morgan fingerprint density at radius 3 is 2.76 bits per heavy atom. The van der Waals surface area contributed by atoms with E-state index in [0.717, 1.165) is 5.75 Å². The fourth-order valence-corrected chi connectivity index (χ4v) is 3.62. The number of hydrogen-bond acceptors (Lipinski definition) is 4. The molecule has 6 heteroatoms. The Morgan fingerprint density at radius 2 is 2.18 bits per heavy atom. The van der Waals surface area contributed by atoms with Gasteiger partial charge in [0.05, 0.1) is 5.75 Å². The van der Waals surface area contributed by atoms with Gasteiger partial charge in [-0.15, -0.1) is 0 Å². The van der Waals surface area contributed by atoms with Crippen molar-refractivity contribution in [3.63, 3.8) is 0 Å². The molecule has 1 aromatic carbocycles. The number of nitrogens with two attached hydrogens (primary N) is 1. The molecule has 0 aromatic heterocycles. The van der Waals surface area contributed by atoms with E-state index < -0.39 is 10.0 Å². The molecule has 0 saturated heterocycles. The van der Waals surface area contributed by atoms with Crippen LogP contribution in [0.15, 0.2) is 24.3 Å². The molecule has 0 radical (unpaired) electrons. The summed E-state index contributed by atoms with van der Waals surface area (Å²) in [6.07, 6.45) is 1.95. The zero-order valence-corrected chi connectivity index (χ0v) is 11.6. The van der Waals surface area contributed by atoms with Crippen molar-refractivity contribution in [3.8, 4) is 0 Å². The monoisotopic (exact) mass is 274 g/mol. The van der Waals surface area contributed by atoms with Crippen molar-refractivity contribution in [1.29, 1.82) is 0 Å². The lowest BCUT2D eigenvalue weighted by atomic mass is 10.2. The highest BCUT2D eigenvalue weighted by molar-refractivity contribution is 7.98. The minimum atomic E-state index is -3.29. The van der Waals surface area contributed by atoms with E-state index in [0.29, 0.717) is 11.3 Å². The number of sulfonamides is 1. The van der Waals surface area contributed by atoms with Crippen LogP contribution in [-0.4, -0.2) is 26.5 Å². The van der Waals surface area contributed by atoms with Gasteiger partial charge in [0, 0.05) is 17.5 Å². The quantitative estimate of drug-likeness (QED) is 0.770. The second-order valence-electron chi connectivity index (χ2n) is 3.98. The van der Waals surface area contributed by atoms with Crippen LogP contribution < -0.4 is 10.5 Å². The highest BCUT2D eigenvalue weighted by Gasteiger charge is 2.14. The third-order valence-corrected chi connectivity index (χ3v) is 4.41. The van der Waals surface area contributed by atoms with Crippen LogP contribution in [-0.2, 0) is 15.8 Å². The largest absolute Gasteiger partial charge is 0.399 e. The molecule has 0 spiro atoms. The van der Waals surface area contributed by atoms with Gasteiger partial charge in [-0.05, 0) is 30.9 Å². The minimum Gasteiger partial charge on any atom is -0.399 e. The predicted octanol–water partition coefficient (Wildman–Crippen LogP) is 1.44. The Balaban J connectivity index is 2.67. The molecule has 0 fully saturated rings. The fourth-order valence-electron chi connectivity index (χ4n) is 1.53. The average Bonchev–Trinajstić information content (AvgIpc) is 2.15. The topological polar surface area (TPSA) is 72.2 Å². The predicted molar refractivity (Wildman–Crippen MR) is 74.5 cm³/mol. The van der Waals surface area contributed by atoms with Crippen LogP contribution in [0.3, 0.4) is 0 Å². The van der Waals surface area contributed by atoms with Crippen molar-refractivity contribution in [2.75, 3.05) is 17.7 Å². The number of rotatable bonds is 6. The Bertz CT molecular complexity index is 460. The van der Waals surface area contributed by atoms with Gasteiger partial charge in [0.25, 0.3) is 0 Å². The summed E-state index contributed by atoms with van der Waals surface area (Å²) < 4.78 is 26.3. The average molecular weight is 274 g/mol. The normalized spacial score (nSPS) is 13.5. The van der Waals surface area contributed by atoms with Gasteiger partial charge in [-0.3, -0.25) is 0 Å². The summed E-state index contributed by atoms with van der Waals surface area (Å²) in [5.41, 5.74) is 6.89. The van der Waals surface area contributed by atoms with Crippen LogP contribution in [0.2, 0.25) is 0 Å². The fraction of sp³-hybridized carbons (Fsp3) is 0.455. The maximum absolute atomic E-state index is 11.8. The highest BCUT2D eigenvalue weighted by atomic mass is 32.2. The summed E-state index contributed by atoms with van der Waals surface area (Å²) in [4.78, 5) is 0. The van der Waals surface area contributed by atoms with Crippen LogP contribution in [0.1, 0.15) is 12.5 Å². The van der Waals surface area contributed by atoms with E-state index in [1.807, 2.05) is 13.2 Å². The molecule has 3 N–H and O–H groups in total. The van der Waals surface area contributed by atoms with Crippen molar-refractivity contribution in [2.45, 2.75) is 18.7 Å². The number of nitrogens with one attached hydrogen (secondary N) is 1. The Kier molecular flexibility index (Phi) is 5.30. The third kappa shape index (κ3) is 5.43. The first kappa shape index (κ1) is 14.3. The van der Waals surface area contributed by atoms with Crippen LogP contribution >= 0.6 is 11.8 Å². The third-order valence-electron chi connectivity index (χ3n) is 2.11. The number of anilines is 1. The lowest BCUT2D eigenvalue weighted by Crippen LogP contribution is -2.35. The molecule has 0 aliphatic carbocycles. The van der Waals surface area contributed by atoms with Gasteiger partial charge < -0.3 is 5.73 Å². The van der Waals surface area contributed by atoms with E-state index in [9.17, 15) is 8.42 Å². The molecule has 0 bridgehead atoms. The molecule has 0 aliphatic heterocycles. The summed E-state index contributed by atoms with van der Waals surface area (Å²) in [6.45, 7) is 1.85. The molecule has 17 heavy (non-hydrogen) atoms. The Hall–Kier alpha value is -0.720. The van der Waals surface area contributed by atoms with Crippen LogP contribution in [0.25, 0.3) is 0 Å². The van der Waals surface area contributed by atoms with E-state index >= 15 is 0 Å². The van der Waals surface area contributed by atoms with Crippen LogP contribution in [0.5, 0.6) is 0 Å². The van der Waals surface area contributed by atoms with E-state index in [-0.39, 0.29) is 11.8 Å². The van der Waals surface area contributed by atoms with E-state index in [1.54, 1.807) is 36.0 Å². The molecule has 1 aromatic rings. The molecular formula is C11H18N2O2S2. The molecule has 1 unspecified atom stereocenters. The zero-order chi connectivity index (χ0) is 12.9. The van der Waals surface area contributed by atoms with Gasteiger partial charge in [-0.1, -0.05) is 12.1 Å². The minimum absolute atomic E-state index is 0.0310. The smallest absolute Gasteiger partial charge is 0.216 e. The van der Waals surface area contributed by atoms with E-state index in [1.165, 1.54) is 0 Å². The van der Waals surface area contributed by atoms with Crippen molar-refractivity contribution in [2.24, 2.45) is 0 Å². The second-order valence-corrected chi connectivity index (χ2v) is 6.64.